The van der Waals surface area contributed by atoms with Crippen molar-refractivity contribution in [2.45, 2.75) is 49.7 Å². The summed E-state index contributed by atoms with van der Waals surface area (Å²) in [6.45, 7) is 5.52. The molecule has 1 aliphatic carbocycles. The molecule has 0 heterocycles. The highest BCUT2D eigenvalue weighted by molar-refractivity contribution is 8.00. The minimum atomic E-state index is 0.697. The highest BCUT2D eigenvalue weighted by atomic mass is 32.2. The van der Waals surface area contributed by atoms with Crippen molar-refractivity contribution >= 4 is 17.4 Å². The Kier molecular flexibility index (Phi) is 4.78. The van der Waals surface area contributed by atoms with E-state index in [1.165, 1.54) is 36.3 Å². The molecule has 1 fully saturated rings. The summed E-state index contributed by atoms with van der Waals surface area (Å²) in [4.78, 5) is 1.42. The van der Waals surface area contributed by atoms with E-state index < -0.39 is 0 Å². The van der Waals surface area contributed by atoms with E-state index in [9.17, 15) is 0 Å². The normalized spacial score (nSPS) is 16.6. The Labute approximate surface area is 109 Å². The molecule has 1 aromatic carbocycles. The van der Waals surface area contributed by atoms with Crippen molar-refractivity contribution in [1.82, 2.24) is 0 Å². The molecule has 94 valence electrons. The first-order chi connectivity index (χ1) is 8.24. The molecule has 2 rings (SSSR count). The lowest BCUT2D eigenvalue weighted by atomic mass is 10.2. The van der Waals surface area contributed by atoms with Gasteiger partial charge in [-0.1, -0.05) is 26.7 Å². The average Bonchev–Trinajstić information content (AvgIpc) is 2.81. The SMILES string of the molecule is CC(C)CNc1ccc(SC2CCCC2)cc1. The van der Waals surface area contributed by atoms with Crippen LogP contribution >= 0.6 is 11.8 Å². The predicted octanol–water partition coefficient (Wildman–Crippen LogP) is 4.79. The van der Waals surface area contributed by atoms with E-state index in [4.69, 9.17) is 0 Å². The third-order valence-electron chi connectivity index (χ3n) is 3.17. The van der Waals surface area contributed by atoms with Gasteiger partial charge in [-0.2, -0.15) is 0 Å². The van der Waals surface area contributed by atoms with Gasteiger partial charge >= 0.3 is 0 Å². The van der Waals surface area contributed by atoms with Gasteiger partial charge in [-0.25, -0.2) is 0 Å². The van der Waals surface area contributed by atoms with Crippen LogP contribution in [0.5, 0.6) is 0 Å². The topological polar surface area (TPSA) is 12.0 Å². The first-order valence-corrected chi connectivity index (χ1v) is 7.62. The lowest BCUT2D eigenvalue weighted by Crippen LogP contribution is -2.07. The Bertz CT molecular complexity index is 325. The molecular weight excluding hydrogens is 226 g/mol. The summed E-state index contributed by atoms with van der Waals surface area (Å²) >= 11 is 2.06. The van der Waals surface area contributed by atoms with E-state index in [-0.39, 0.29) is 0 Å². The van der Waals surface area contributed by atoms with E-state index in [1.54, 1.807) is 0 Å². The van der Waals surface area contributed by atoms with Gasteiger partial charge in [0.2, 0.25) is 0 Å². The molecule has 0 bridgehead atoms. The maximum Gasteiger partial charge on any atom is 0.0341 e. The molecule has 2 heteroatoms. The fourth-order valence-corrected chi connectivity index (χ4v) is 3.42. The molecule has 1 aromatic rings. The largest absolute Gasteiger partial charge is 0.385 e. The van der Waals surface area contributed by atoms with Crippen molar-refractivity contribution in [3.8, 4) is 0 Å². The Balaban J connectivity index is 1.84. The van der Waals surface area contributed by atoms with E-state index in [2.05, 4.69) is 55.2 Å². The summed E-state index contributed by atoms with van der Waals surface area (Å²) in [6, 6.07) is 8.93. The van der Waals surface area contributed by atoms with E-state index in [0.29, 0.717) is 5.92 Å². The minimum Gasteiger partial charge on any atom is -0.385 e. The fraction of sp³-hybridized carbons (Fsp3) is 0.600. The number of hydrogen-bond donors (Lipinski definition) is 1. The first-order valence-electron chi connectivity index (χ1n) is 6.74. The van der Waals surface area contributed by atoms with Gasteiger partial charge in [0.05, 0.1) is 0 Å². The maximum absolute atomic E-state index is 3.46. The summed E-state index contributed by atoms with van der Waals surface area (Å²) in [7, 11) is 0. The molecule has 0 radical (unpaired) electrons. The lowest BCUT2D eigenvalue weighted by Gasteiger charge is -2.11. The van der Waals surface area contributed by atoms with Crippen LogP contribution in [-0.2, 0) is 0 Å². The standard InChI is InChI=1S/C15H23NS/c1-12(2)11-16-13-7-9-15(10-8-13)17-14-5-3-4-6-14/h7-10,12,14,16H,3-6,11H2,1-2H3. The van der Waals surface area contributed by atoms with Gasteiger partial charge in [-0.05, 0) is 43.0 Å². The molecule has 0 aromatic heterocycles. The molecule has 0 atom stereocenters. The summed E-state index contributed by atoms with van der Waals surface area (Å²) in [5.74, 6) is 0.697. The zero-order valence-electron chi connectivity index (χ0n) is 10.9. The first kappa shape index (κ1) is 12.8. The number of anilines is 1. The van der Waals surface area contributed by atoms with Crippen LogP contribution in [-0.4, -0.2) is 11.8 Å². The highest BCUT2D eigenvalue weighted by Crippen LogP contribution is 2.34. The van der Waals surface area contributed by atoms with Crippen molar-refractivity contribution in [2.75, 3.05) is 11.9 Å². The maximum atomic E-state index is 3.46. The Hall–Kier alpha value is -0.630. The van der Waals surface area contributed by atoms with Crippen molar-refractivity contribution in [2.24, 2.45) is 5.92 Å². The van der Waals surface area contributed by atoms with Crippen LogP contribution in [0.4, 0.5) is 5.69 Å². The third-order valence-corrected chi connectivity index (χ3v) is 4.52. The summed E-state index contributed by atoms with van der Waals surface area (Å²) < 4.78 is 0. The van der Waals surface area contributed by atoms with Crippen molar-refractivity contribution in [3.05, 3.63) is 24.3 Å². The van der Waals surface area contributed by atoms with Crippen molar-refractivity contribution in [1.29, 1.82) is 0 Å². The van der Waals surface area contributed by atoms with Gasteiger partial charge in [0.15, 0.2) is 0 Å². The number of benzene rings is 1. The van der Waals surface area contributed by atoms with Gasteiger partial charge in [0.1, 0.15) is 0 Å². The quantitative estimate of drug-likeness (QED) is 0.805. The summed E-state index contributed by atoms with van der Waals surface area (Å²) in [6.07, 6.45) is 5.65. The second-order valence-electron chi connectivity index (χ2n) is 5.32. The second-order valence-corrected chi connectivity index (χ2v) is 6.70. The molecule has 1 N–H and O–H groups in total. The lowest BCUT2D eigenvalue weighted by molar-refractivity contribution is 0.689. The van der Waals surface area contributed by atoms with Gasteiger partial charge in [-0.15, -0.1) is 11.8 Å². The molecular formula is C15H23NS. The molecule has 0 saturated heterocycles. The summed E-state index contributed by atoms with van der Waals surface area (Å²) in [5, 5.41) is 4.32. The van der Waals surface area contributed by atoms with Crippen molar-refractivity contribution in [3.63, 3.8) is 0 Å². The van der Waals surface area contributed by atoms with Crippen LogP contribution in [0.25, 0.3) is 0 Å². The number of nitrogens with one attached hydrogen (secondary N) is 1. The van der Waals surface area contributed by atoms with Crippen LogP contribution in [0, 0.1) is 5.92 Å². The van der Waals surface area contributed by atoms with Crippen LogP contribution in [0.2, 0.25) is 0 Å². The van der Waals surface area contributed by atoms with Gasteiger partial charge < -0.3 is 5.32 Å². The van der Waals surface area contributed by atoms with Crippen molar-refractivity contribution < 1.29 is 0 Å². The van der Waals surface area contributed by atoms with E-state index >= 15 is 0 Å². The Morgan fingerprint density at radius 3 is 2.41 bits per heavy atom. The molecule has 1 saturated carbocycles. The van der Waals surface area contributed by atoms with Gasteiger partial charge in [0.25, 0.3) is 0 Å². The predicted molar refractivity (Wildman–Crippen MR) is 77.9 cm³/mol. The smallest absolute Gasteiger partial charge is 0.0341 e. The van der Waals surface area contributed by atoms with Crippen LogP contribution in [0.1, 0.15) is 39.5 Å². The zero-order valence-corrected chi connectivity index (χ0v) is 11.7. The number of rotatable bonds is 5. The Morgan fingerprint density at radius 2 is 1.82 bits per heavy atom. The zero-order chi connectivity index (χ0) is 12.1. The number of hydrogen-bond acceptors (Lipinski definition) is 2. The fourth-order valence-electron chi connectivity index (χ4n) is 2.17. The molecule has 0 spiro atoms. The number of thioether (sulfide) groups is 1. The highest BCUT2D eigenvalue weighted by Gasteiger charge is 2.15. The molecule has 0 unspecified atom stereocenters. The van der Waals surface area contributed by atoms with Gasteiger partial charge in [0, 0.05) is 22.4 Å². The molecule has 0 amide bonds. The minimum absolute atomic E-state index is 0.697. The van der Waals surface area contributed by atoms with Crippen LogP contribution < -0.4 is 5.32 Å². The molecule has 0 aliphatic heterocycles. The Morgan fingerprint density at radius 1 is 1.18 bits per heavy atom. The van der Waals surface area contributed by atoms with Crippen LogP contribution in [0.15, 0.2) is 29.2 Å². The molecule has 1 aliphatic rings. The van der Waals surface area contributed by atoms with E-state index in [0.717, 1.165) is 11.8 Å². The summed E-state index contributed by atoms with van der Waals surface area (Å²) in [5.41, 5.74) is 1.24. The molecule has 1 nitrogen and oxygen atoms in total. The monoisotopic (exact) mass is 249 g/mol. The van der Waals surface area contributed by atoms with E-state index in [1.807, 2.05) is 0 Å². The third kappa shape index (κ3) is 4.27. The average molecular weight is 249 g/mol. The molecule has 17 heavy (non-hydrogen) atoms. The second kappa shape index (κ2) is 6.34. The van der Waals surface area contributed by atoms with Gasteiger partial charge in [-0.3, -0.25) is 0 Å². The van der Waals surface area contributed by atoms with Crippen LogP contribution in [0.3, 0.4) is 0 Å².